The number of amides is 2. The lowest BCUT2D eigenvalue weighted by Crippen LogP contribution is -2.48. The number of β-amino-alcohol motifs (C(OH)–C–C–N with tert-alkyl or cyclic N) is 1. The number of benzene rings is 1. The maximum atomic E-state index is 13.0. The largest absolute Gasteiger partial charge is 0.391 e. The molecule has 0 saturated carbocycles. The third-order valence-electron chi connectivity index (χ3n) is 5.85. The van der Waals surface area contributed by atoms with Crippen LogP contribution in [0, 0.1) is 18.8 Å². The monoisotopic (exact) mass is 429 g/mol. The quantitative estimate of drug-likeness (QED) is 0.707. The summed E-state index contributed by atoms with van der Waals surface area (Å²) >= 11 is 1.61. The molecule has 0 aliphatic carbocycles. The molecule has 2 amide bonds. The van der Waals surface area contributed by atoms with E-state index in [2.05, 4.69) is 10.3 Å². The van der Waals surface area contributed by atoms with E-state index in [4.69, 9.17) is 0 Å². The zero-order valence-electron chi connectivity index (χ0n) is 18.1. The van der Waals surface area contributed by atoms with Crippen molar-refractivity contribution in [2.45, 2.75) is 59.2 Å². The highest BCUT2D eigenvalue weighted by Gasteiger charge is 2.41. The van der Waals surface area contributed by atoms with E-state index in [1.165, 1.54) is 0 Å². The van der Waals surface area contributed by atoms with Crippen molar-refractivity contribution < 1.29 is 14.7 Å². The summed E-state index contributed by atoms with van der Waals surface area (Å²) < 4.78 is 0. The van der Waals surface area contributed by atoms with Gasteiger partial charge in [0, 0.05) is 25.4 Å². The standard InChI is InChI=1S/C23H31N3O3S/c1-5-19(14(2)3)23(29)26-12-18(27)10-20(26)22(28)24-11-16-6-8-17(9-7-16)21-15(4)25-13-30-21/h6-9,13-14,18-20,27H,5,10-12H2,1-4H3,(H,24,28)/t18-,19+,20+/m1/s1. The molecule has 0 bridgehead atoms. The minimum atomic E-state index is -0.656. The number of hydrogen-bond acceptors (Lipinski definition) is 5. The minimum absolute atomic E-state index is 0.0338. The fourth-order valence-electron chi connectivity index (χ4n) is 4.11. The Bertz CT molecular complexity index is 878. The smallest absolute Gasteiger partial charge is 0.243 e. The number of nitrogens with one attached hydrogen (secondary N) is 1. The van der Waals surface area contributed by atoms with Gasteiger partial charge in [-0.3, -0.25) is 9.59 Å². The number of aliphatic hydroxyl groups excluding tert-OH is 1. The van der Waals surface area contributed by atoms with Gasteiger partial charge in [0.1, 0.15) is 6.04 Å². The van der Waals surface area contributed by atoms with Crippen LogP contribution in [-0.4, -0.2) is 45.5 Å². The lowest BCUT2D eigenvalue weighted by atomic mass is 9.91. The Labute approximate surface area is 182 Å². The zero-order valence-corrected chi connectivity index (χ0v) is 18.9. The minimum Gasteiger partial charge on any atom is -0.391 e. The number of hydrogen-bond donors (Lipinski definition) is 2. The molecule has 30 heavy (non-hydrogen) atoms. The summed E-state index contributed by atoms with van der Waals surface area (Å²) in [5.74, 6) is -0.174. The fraction of sp³-hybridized carbons (Fsp3) is 0.522. The van der Waals surface area contributed by atoms with Crippen LogP contribution in [-0.2, 0) is 16.1 Å². The number of carbonyl (C=O) groups excluding carboxylic acids is 2. The van der Waals surface area contributed by atoms with Gasteiger partial charge in [0.15, 0.2) is 0 Å². The van der Waals surface area contributed by atoms with Crippen molar-refractivity contribution in [3.8, 4) is 10.4 Å². The Morgan fingerprint density at radius 3 is 2.57 bits per heavy atom. The first kappa shape index (κ1) is 22.4. The van der Waals surface area contributed by atoms with Gasteiger partial charge in [-0.2, -0.15) is 0 Å². The molecule has 0 unspecified atom stereocenters. The number of rotatable bonds is 7. The van der Waals surface area contributed by atoms with Crippen molar-refractivity contribution in [1.82, 2.24) is 15.2 Å². The van der Waals surface area contributed by atoms with Crippen LogP contribution >= 0.6 is 11.3 Å². The highest BCUT2D eigenvalue weighted by Crippen LogP contribution is 2.28. The summed E-state index contributed by atoms with van der Waals surface area (Å²) in [5.41, 5.74) is 4.95. The molecular weight excluding hydrogens is 398 g/mol. The topological polar surface area (TPSA) is 82.5 Å². The van der Waals surface area contributed by atoms with Crippen LogP contribution in [0.15, 0.2) is 29.8 Å². The predicted octanol–water partition coefficient (Wildman–Crippen LogP) is 3.38. The van der Waals surface area contributed by atoms with Crippen LogP contribution in [0.25, 0.3) is 10.4 Å². The van der Waals surface area contributed by atoms with Crippen molar-refractivity contribution in [3.05, 3.63) is 41.0 Å². The number of aryl methyl sites for hydroxylation is 1. The van der Waals surface area contributed by atoms with E-state index in [1.54, 1.807) is 16.2 Å². The molecule has 2 heterocycles. The van der Waals surface area contributed by atoms with Gasteiger partial charge in [0.05, 0.1) is 22.2 Å². The van der Waals surface area contributed by atoms with Gasteiger partial charge in [-0.15, -0.1) is 11.3 Å². The third kappa shape index (κ3) is 4.90. The molecule has 3 rings (SSSR count). The number of aliphatic hydroxyl groups is 1. The van der Waals surface area contributed by atoms with E-state index < -0.39 is 12.1 Å². The molecule has 6 nitrogen and oxygen atoms in total. The molecular formula is C23H31N3O3S. The summed E-state index contributed by atoms with van der Waals surface area (Å²) in [6.07, 6.45) is 0.356. The molecule has 2 aromatic rings. The van der Waals surface area contributed by atoms with Gasteiger partial charge in [0.25, 0.3) is 0 Å². The van der Waals surface area contributed by atoms with Gasteiger partial charge >= 0.3 is 0 Å². The zero-order chi connectivity index (χ0) is 21.8. The molecule has 0 spiro atoms. The van der Waals surface area contributed by atoms with Crippen molar-refractivity contribution in [3.63, 3.8) is 0 Å². The summed E-state index contributed by atoms with van der Waals surface area (Å²) in [6.45, 7) is 8.63. The Morgan fingerprint density at radius 2 is 2.00 bits per heavy atom. The summed E-state index contributed by atoms with van der Waals surface area (Å²) in [7, 11) is 0. The van der Waals surface area contributed by atoms with E-state index in [0.29, 0.717) is 6.54 Å². The van der Waals surface area contributed by atoms with Crippen molar-refractivity contribution in [1.29, 1.82) is 0 Å². The van der Waals surface area contributed by atoms with E-state index in [1.807, 2.05) is 57.5 Å². The van der Waals surface area contributed by atoms with E-state index in [0.717, 1.165) is 28.1 Å². The lowest BCUT2D eigenvalue weighted by molar-refractivity contribution is -0.143. The van der Waals surface area contributed by atoms with Gasteiger partial charge in [-0.05, 0) is 30.4 Å². The molecule has 2 N–H and O–H groups in total. The molecule has 1 aliphatic rings. The highest BCUT2D eigenvalue weighted by atomic mass is 32.1. The van der Waals surface area contributed by atoms with Gasteiger partial charge in [0.2, 0.25) is 11.8 Å². The number of aromatic nitrogens is 1. The highest BCUT2D eigenvalue weighted by molar-refractivity contribution is 7.13. The normalized spacial score (nSPS) is 19.9. The Hall–Kier alpha value is -2.25. The second kappa shape index (κ2) is 9.71. The number of nitrogens with zero attached hydrogens (tertiary/aromatic N) is 2. The van der Waals surface area contributed by atoms with Crippen molar-refractivity contribution >= 4 is 23.2 Å². The molecule has 1 fully saturated rings. The Kier molecular flexibility index (Phi) is 7.26. The average Bonchev–Trinajstić information content (AvgIpc) is 3.32. The van der Waals surface area contributed by atoms with Gasteiger partial charge < -0.3 is 15.3 Å². The number of thiazole rings is 1. The van der Waals surface area contributed by atoms with E-state index >= 15 is 0 Å². The second-order valence-electron chi connectivity index (χ2n) is 8.34. The fourth-order valence-corrected chi connectivity index (χ4v) is 4.92. The lowest BCUT2D eigenvalue weighted by Gasteiger charge is -2.29. The van der Waals surface area contributed by atoms with Crippen LogP contribution in [0.4, 0.5) is 0 Å². The number of likely N-dealkylation sites (tertiary alicyclic amines) is 1. The molecule has 162 valence electrons. The first-order valence-corrected chi connectivity index (χ1v) is 11.4. The van der Waals surface area contributed by atoms with Crippen LogP contribution < -0.4 is 5.32 Å². The first-order chi connectivity index (χ1) is 14.3. The molecule has 1 aromatic heterocycles. The molecule has 3 atom stereocenters. The average molecular weight is 430 g/mol. The van der Waals surface area contributed by atoms with Crippen molar-refractivity contribution in [2.75, 3.05) is 6.54 Å². The third-order valence-corrected chi connectivity index (χ3v) is 6.83. The summed E-state index contributed by atoms with van der Waals surface area (Å²) in [5, 5.41) is 13.1. The van der Waals surface area contributed by atoms with E-state index in [9.17, 15) is 14.7 Å². The van der Waals surface area contributed by atoms with Gasteiger partial charge in [-0.1, -0.05) is 45.0 Å². The number of carbonyl (C=O) groups is 2. The molecule has 7 heteroatoms. The molecule has 1 aromatic carbocycles. The maximum absolute atomic E-state index is 13.0. The Balaban J connectivity index is 1.63. The molecule has 1 aliphatic heterocycles. The summed E-state index contributed by atoms with van der Waals surface area (Å²) in [4.78, 5) is 32.8. The van der Waals surface area contributed by atoms with E-state index in [-0.39, 0.29) is 36.6 Å². The maximum Gasteiger partial charge on any atom is 0.243 e. The van der Waals surface area contributed by atoms with Crippen LogP contribution in [0.5, 0.6) is 0 Å². The SMILES string of the molecule is CC[C@H](C(=O)N1C[C@H](O)C[C@H]1C(=O)NCc1ccc(-c2scnc2C)cc1)C(C)C. The van der Waals surface area contributed by atoms with Gasteiger partial charge in [-0.25, -0.2) is 4.98 Å². The molecule has 0 radical (unpaired) electrons. The van der Waals surface area contributed by atoms with Crippen LogP contribution in [0.1, 0.15) is 44.9 Å². The summed E-state index contributed by atoms with van der Waals surface area (Å²) in [6, 6.07) is 7.44. The second-order valence-corrected chi connectivity index (χ2v) is 9.19. The van der Waals surface area contributed by atoms with Crippen LogP contribution in [0.3, 0.4) is 0 Å². The first-order valence-electron chi connectivity index (χ1n) is 10.6. The van der Waals surface area contributed by atoms with Crippen molar-refractivity contribution in [2.24, 2.45) is 11.8 Å². The predicted molar refractivity (Wildman–Crippen MR) is 119 cm³/mol. The Morgan fingerprint density at radius 1 is 1.30 bits per heavy atom. The molecule has 1 saturated heterocycles. The van der Waals surface area contributed by atoms with Crippen LogP contribution in [0.2, 0.25) is 0 Å².